The molecule has 0 spiro atoms. The van der Waals surface area contributed by atoms with Crippen molar-refractivity contribution >= 4 is 11.3 Å². The standard InChI is InChI=1S/C11H18N2OS/c1(2-10-3-5-12-6-4-10)8-14-11-13-7-9-15-11/h7,9-10,12H,1-6,8H2. The molecule has 2 rings (SSSR count). The molecule has 15 heavy (non-hydrogen) atoms. The molecule has 1 aliphatic heterocycles. The Labute approximate surface area is 94.9 Å². The molecule has 0 atom stereocenters. The summed E-state index contributed by atoms with van der Waals surface area (Å²) in [4.78, 5) is 4.09. The second-order valence-corrected chi connectivity index (χ2v) is 4.84. The minimum Gasteiger partial charge on any atom is -0.470 e. The van der Waals surface area contributed by atoms with Gasteiger partial charge < -0.3 is 10.1 Å². The van der Waals surface area contributed by atoms with Gasteiger partial charge in [0.25, 0.3) is 5.19 Å². The topological polar surface area (TPSA) is 34.1 Å². The molecule has 1 saturated heterocycles. The van der Waals surface area contributed by atoms with Crippen molar-refractivity contribution in [2.24, 2.45) is 5.92 Å². The Balaban J connectivity index is 1.54. The van der Waals surface area contributed by atoms with Gasteiger partial charge in [-0.05, 0) is 44.7 Å². The van der Waals surface area contributed by atoms with Crippen molar-refractivity contribution in [2.75, 3.05) is 19.7 Å². The lowest BCUT2D eigenvalue weighted by Gasteiger charge is -2.22. The maximum Gasteiger partial charge on any atom is 0.273 e. The third kappa shape index (κ3) is 3.80. The van der Waals surface area contributed by atoms with Crippen molar-refractivity contribution in [1.29, 1.82) is 0 Å². The smallest absolute Gasteiger partial charge is 0.273 e. The van der Waals surface area contributed by atoms with Gasteiger partial charge in [0.05, 0.1) is 6.61 Å². The average molecular weight is 226 g/mol. The lowest BCUT2D eigenvalue weighted by atomic mass is 9.93. The molecule has 1 aromatic rings. The Bertz CT molecular complexity index is 258. The second kappa shape index (κ2) is 6.08. The summed E-state index contributed by atoms with van der Waals surface area (Å²) in [5, 5.41) is 6.14. The number of hydrogen-bond acceptors (Lipinski definition) is 4. The second-order valence-electron chi connectivity index (χ2n) is 3.98. The largest absolute Gasteiger partial charge is 0.470 e. The van der Waals surface area contributed by atoms with Crippen LogP contribution in [0.1, 0.15) is 25.7 Å². The van der Waals surface area contributed by atoms with Crippen LogP contribution in [-0.4, -0.2) is 24.7 Å². The highest BCUT2D eigenvalue weighted by Crippen LogP contribution is 2.19. The fourth-order valence-electron chi connectivity index (χ4n) is 1.98. The van der Waals surface area contributed by atoms with Crippen LogP contribution >= 0.6 is 11.3 Å². The van der Waals surface area contributed by atoms with Crippen LogP contribution < -0.4 is 10.1 Å². The fourth-order valence-corrected chi connectivity index (χ4v) is 2.49. The summed E-state index contributed by atoms with van der Waals surface area (Å²) < 4.78 is 5.53. The highest BCUT2D eigenvalue weighted by molar-refractivity contribution is 7.11. The summed E-state index contributed by atoms with van der Waals surface area (Å²) in [6.07, 6.45) is 6.90. The van der Waals surface area contributed by atoms with E-state index >= 15 is 0 Å². The molecule has 4 heteroatoms. The molecular formula is C11H18N2OS. The molecule has 0 saturated carbocycles. The summed E-state index contributed by atoms with van der Waals surface area (Å²) in [5.41, 5.74) is 0. The maximum atomic E-state index is 5.53. The van der Waals surface area contributed by atoms with Gasteiger partial charge >= 0.3 is 0 Å². The van der Waals surface area contributed by atoms with Gasteiger partial charge in [-0.1, -0.05) is 11.3 Å². The van der Waals surface area contributed by atoms with E-state index in [-0.39, 0.29) is 0 Å². The summed E-state index contributed by atoms with van der Waals surface area (Å²) in [6, 6.07) is 0. The number of thiazole rings is 1. The first-order valence-electron chi connectivity index (χ1n) is 5.68. The zero-order valence-electron chi connectivity index (χ0n) is 8.95. The van der Waals surface area contributed by atoms with E-state index in [9.17, 15) is 0 Å². The normalized spacial score (nSPS) is 17.9. The molecule has 0 unspecified atom stereocenters. The van der Waals surface area contributed by atoms with Crippen molar-refractivity contribution in [3.8, 4) is 5.19 Å². The van der Waals surface area contributed by atoms with Crippen LogP contribution in [0.3, 0.4) is 0 Å². The Morgan fingerprint density at radius 3 is 3.07 bits per heavy atom. The first-order valence-corrected chi connectivity index (χ1v) is 6.56. The van der Waals surface area contributed by atoms with Gasteiger partial charge in [-0.3, -0.25) is 0 Å². The third-order valence-corrected chi connectivity index (χ3v) is 3.53. The molecule has 0 aliphatic carbocycles. The minimum atomic E-state index is 0.806. The van der Waals surface area contributed by atoms with Gasteiger partial charge in [-0.2, -0.15) is 0 Å². The summed E-state index contributed by atoms with van der Waals surface area (Å²) in [7, 11) is 0. The van der Waals surface area contributed by atoms with Crippen LogP contribution in [0.5, 0.6) is 5.19 Å². The summed E-state index contributed by atoms with van der Waals surface area (Å²) >= 11 is 1.57. The number of nitrogens with one attached hydrogen (secondary N) is 1. The molecule has 1 N–H and O–H groups in total. The first kappa shape index (κ1) is 10.9. The van der Waals surface area contributed by atoms with Crippen molar-refractivity contribution in [1.82, 2.24) is 10.3 Å². The molecule has 84 valence electrons. The SMILES string of the molecule is c1csc(OCCCC2CCNCC2)n1. The Kier molecular flexibility index (Phi) is 4.41. The van der Waals surface area contributed by atoms with E-state index in [0.29, 0.717) is 0 Å². The van der Waals surface area contributed by atoms with E-state index in [1.807, 2.05) is 5.38 Å². The first-order chi connectivity index (χ1) is 7.45. The van der Waals surface area contributed by atoms with E-state index in [4.69, 9.17) is 4.74 Å². The highest BCUT2D eigenvalue weighted by atomic mass is 32.1. The van der Waals surface area contributed by atoms with Gasteiger partial charge in [0.2, 0.25) is 0 Å². The Hall–Kier alpha value is -0.610. The number of piperidine rings is 1. The lowest BCUT2D eigenvalue weighted by Crippen LogP contribution is -2.27. The van der Waals surface area contributed by atoms with Gasteiger partial charge in [-0.15, -0.1) is 0 Å². The molecule has 0 radical (unpaired) electrons. The van der Waals surface area contributed by atoms with Crippen LogP contribution in [0.2, 0.25) is 0 Å². The molecule has 1 aromatic heterocycles. The maximum absolute atomic E-state index is 5.53. The lowest BCUT2D eigenvalue weighted by molar-refractivity contribution is 0.273. The van der Waals surface area contributed by atoms with Crippen LogP contribution in [0.25, 0.3) is 0 Å². The Morgan fingerprint density at radius 1 is 1.47 bits per heavy atom. The molecule has 2 heterocycles. The van der Waals surface area contributed by atoms with Crippen molar-refractivity contribution in [2.45, 2.75) is 25.7 Å². The molecule has 1 fully saturated rings. The predicted molar refractivity (Wildman–Crippen MR) is 62.4 cm³/mol. The van der Waals surface area contributed by atoms with Crippen molar-refractivity contribution < 1.29 is 4.74 Å². The average Bonchev–Trinajstić information content (AvgIpc) is 2.79. The molecule has 0 aromatic carbocycles. The monoisotopic (exact) mass is 226 g/mol. The van der Waals surface area contributed by atoms with Crippen LogP contribution in [0.4, 0.5) is 0 Å². The van der Waals surface area contributed by atoms with Gasteiger partial charge in [-0.25, -0.2) is 4.98 Å². The third-order valence-electron chi connectivity index (χ3n) is 2.85. The fraction of sp³-hybridized carbons (Fsp3) is 0.727. The van der Waals surface area contributed by atoms with Gasteiger partial charge in [0, 0.05) is 11.6 Å². The van der Waals surface area contributed by atoms with Crippen LogP contribution in [0, 0.1) is 5.92 Å². The Morgan fingerprint density at radius 2 is 2.33 bits per heavy atom. The number of aromatic nitrogens is 1. The minimum absolute atomic E-state index is 0.806. The molecule has 0 amide bonds. The number of nitrogens with zero attached hydrogens (tertiary/aromatic N) is 1. The number of ether oxygens (including phenoxy) is 1. The van der Waals surface area contributed by atoms with E-state index in [0.717, 1.165) is 24.1 Å². The van der Waals surface area contributed by atoms with Crippen LogP contribution in [-0.2, 0) is 0 Å². The molecular weight excluding hydrogens is 208 g/mol. The summed E-state index contributed by atoms with van der Waals surface area (Å²) in [5.74, 6) is 0.908. The zero-order valence-corrected chi connectivity index (χ0v) is 9.76. The zero-order chi connectivity index (χ0) is 10.3. The molecule has 1 aliphatic rings. The van der Waals surface area contributed by atoms with E-state index in [1.54, 1.807) is 17.5 Å². The molecule has 3 nitrogen and oxygen atoms in total. The van der Waals surface area contributed by atoms with E-state index in [1.165, 1.54) is 32.4 Å². The van der Waals surface area contributed by atoms with Crippen molar-refractivity contribution in [3.05, 3.63) is 11.6 Å². The van der Waals surface area contributed by atoms with Gasteiger partial charge in [0.1, 0.15) is 0 Å². The number of rotatable bonds is 5. The predicted octanol–water partition coefficient (Wildman–Crippen LogP) is 2.30. The number of hydrogen-bond donors (Lipinski definition) is 1. The van der Waals surface area contributed by atoms with E-state index < -0.39 is 0 Å². The van der Waals surface area contributed by atoms with Crippen molar-refractivity contribution in [3.63, 3.8) is 0 Å². The summed E-state index contributed by atoms with van der Waals surface area (Å²) in [6.45, 7) is 3.20. The highest BCUT2D eigenvalue weighted by Gasteiger charge is 2.12. The quantitative estimate of drug-likeness (QED) is 0.782. The van der Waals surface area contributed by atoms with E-state index in [2.05, 4.69) is 10.3 Å². The molecule has 0 bridgehead atoms. The van der Waals surface area contributed by atoms with Gasteiger partial charge in [0.15, 0.2) is 0 Å². The van der Waals surface area contributed by atoms with Crippen LogP contribution in [0.15, 0.2) is 11.6 Å².